The van der Waals surface area contributed by atoms with Gasteiger partial charge in [0, 0.05) is 6.04 Å². The van der Waals surface area contributed by atoms with Gasteiger partial charge in [0.2, 0.25) is 11.8 Å². The van der Waals surface area contributed by atoms with Gasteiger partial charge in [0.05, 0.1) is 12.1 Å². The van der Waals surface area contributed by atoms with Crippen LogP contribution in [0.1, 0.15) is 24.1 Å². The smallest absolute Gasteiger partial charge is 0.248 e. The van der Waals surface area contributed by atoms with Gasteiger partial charge in [-0.05, 0) is 65.4 Å². The van der Waals surface area contributed by atoms with Crippen molar-refractivity contribution in [2.24, 2.45) is 5.92 Å². The van der Waals surface area contributed by atoms with Gasteiger partial charge in [0.25, 0.3) is 0 Å². The highest BCUT2D eigenvalue weighted by Crippen LogP contribution is 2.48. The van der Waals surface area contributed by atoms with Crippen LogP contribution in [-0.4, -0.2) is 48.4 Å². The number of anilines is 2. The van der Waals surface area contributed by atoms with Crippen LogP contribution in [0.3, 0.4) is 0 Å². The molecule has 10 heteroatoms. The van der Waals surface area contributed by atoms with E-state index >= 15 is 0 Å². The van der Waals surface area contributed by atoms with Crippen molar-refractivity contribution in [1.82, 2.24) is 24.5 Å². The fourth-order valence-electron chi connectivity index (χ4n) is 4.27. The summed E-state index contributed by atoms with van der Waals surface area (Å²) in [6.07, 6.45) is 3.14. The molecule has 1 aliphatic heterocycles. The summed E-state index contributed by atoms with van der Waals surface area (Å²) in [6.45, 7) is 1.88. The molecule has 1 saturated heterocycles. The number of nitrogen functional groups attached to an aromatic ring is 1. The van der Waals surface area contributed by atoms with Gasteiger partial charge in [0.1, 0.15) is 28.3 Å². The fraction of sp³-hybridized carbons (Fsp3) is 0.350. The number of rotatable bonds is 4. The molecule has 1 saturated carbocycles. The second-order valence-electron chi connectivity index (χ2n) is 7.85. The molecule has 5 rings (SSSR count). The van der Waals surface area contributed by atoms with Crippen molar-refractivity contribution in [3.05, 3.63) is 46.5 Å². The van der Waals surface area contributed by atoms with E-state index in [-0.39, 0.29) is 24.3 Å². The molecule has 4 heterocycles. The van der Waals surface area contributed by atoms with E-state index < -0.39 is 6.04 Å². The zero-order valence-electron chi connectivity index (χ0n) is 16.2. The first kappa shape index (κ1) is 19.0. The SMILES string of the molecule is Cc1ccc(Br)nc1NC(=O)[C@@H]1CC2C[C@H]2N1C(=O)Cc1ccc2c(N)ncnn12. The minimum Gasteiger partial charge on any atom is -0.382 e. The Kier molecular flexibility index (Phi) is 4.46. The lowest BCUT2D eigenvalue weighted by Crippen LogP contribution is -2.46. The Hall–Kier alpha value is -3.01. The van der Waals surface area contributed by atoms with Crippen LogP contribution in [0.4, 0.5) is 11.6 Å². The second kappa shape index (κ2) is 7.05. The number of hydrogen-bond acceptors (Lipinski definition) is 6. The summed E-state index contributed by atoms with van der Waals surface area (Å²) in [4.78, 5) is 36.3. The number of nitrogens with zero attached hydrogens (tertiary/aromatic N) is 5. The summed E-state index contributed by atoms with van der Waals surface area (Å²) < 4.78 is 2.27. The molecule has 2 aliphatic rings. The minimum atomic E-state index is -0.493. The fourth-order valence-corrected chi connectivity index (χ4v) is 4.58. The van der Waals surface area contributed by atoms with Crippen molar-refractivity contribution < 1.29 is 9.59 Å². The quantitative estimate of drug-likeness (QED) is 0.563. The Morgan fingerprint density at radius 3 is 2.93 bits per heavy atom. The normalized spacial score (nSPS) is 22.2. The molecule has 9 nitrogen and oxygen atoms in total. The van der Waals surface area contributed by atoms with Crippen molar-refractivity contribution >= 4 is 44.9 Å². The van der Waals surface area contributed by atoms with Crippen LogP contribution < -0.4 is 11.1 Å². The van der Waals surface area contributed by atoms with Gasteiger partial charge in [-0.2, -0.15) is 5.10 Å². The molecular formula is C20H20BrN7O2. The first-order valence-electron chi connectivity index (χ1n) is 9.74. The van der Waals surface area contributed by atoms with Crippen molar-refractivity contribution in [3.63, 3.8) is 0 Å². The van der Waals surface area contributed by atoms with Crippen LogP contribution in [0, 0.1) is 12.8 Å². The molecule has 0 spiro atoms. The highest BCUT2D eigenvalue weighted by Gasteiger charge is 2.56. The molecule has 0 radical (unpaired) electrons. The third kappa shape index (κ3) is 3.20. The number of halogens is 1. The molecule has 1 aliphatic carbocycles. The number of piperidine rings is 1. The number of pyridine rings is 1. The second-order valence-corrected chi connectivity index (χ2v) is 8.66. The number of aromatic nitrogens is 4. The standard InChI is InChI=1S/C20H20BrN7O2/c1-10-2-5-16(21)25-19(10)26-20(30)15-7-11-6-14(11)27(15)17(29)8-12-3-4-13-18(22)23-9-24-28(12)13/h2-5,9,11,14-15H,6-8H2,1H3,(H2,22,23,24)(H,25,26,30)/t11?,14-,15+/m1/s1. The molecule has 3 atom stereocenters. The van der Waals surface area contributed by atoms with Crippen LogP contribution >= 0.6 is 15.9 Å². The summed E-state index contributed by atoms with van der Waals surface area (Å²) >= 11 is 3.33. The number of nitrogens with one attached hydrogen (secondary N) is 1. The molecule has 0 aromatic carbocycles. The van der Waals surface area contributed by atoms with Gasteiger partial charge >= 0.3 is 0 Å². The molecule has 30 heavy (non-hydrogen) atoms. The van der Waals surface area contributed by atoms with Gasteiger partial charge in [-0.25, -0.2) is 14.5 Å². The zero-order chi connectivity index (χ0) is 21.0. The predicted molar refractivity (Wildman–Crippen MR) is 114 cm³/mol. The molecule has 0 bridgehead atoms. The van der Waals surface area contributed by atoms with Gasteiger partial charge in [-0.15, -0.1) is 0 Å². The van der Waals surface area contributed by atoms with Gasteiger partial charge in [0.15, 0.2) is 5.82 Å². The number of amides is 2. The first-order chi connectivity index (χ1) is 14.4. The Morgan fingerprint density at radius 1 is 1.27 bits per heavy atom. The number of fused-ring (bicyclic) bond motifs is 2. The van der Waals surface area contributed by atoms with E-state index in [4.69, 9.17) is 5.73 Å². The van der Waals surface area contributed by atoms with E-state index in [1.165, 1.54) is 6.33 Å². The van der Waals surface area contributed by atoms with Crippen molar-refractivity contribution in [3.8, 4) is 0 Å². The zero-order valence-corrected chi connectivity index (χ0v) is 17.8. The number of carbonyl (C=O) groups excluding carboxylic acids is 2. The van der Waals surface area contributed by atoms with Crippen molar-refractivity contribution in [2.75, 3.05) is 11.1 Å². The molecule has 3 aromatic rings. The van der Waals surface area contributed by atoms with E-state index in [1.807, 2.05) is 25.1 Å². The van der Waals surface area contributed by atoms with Gasteiger partial charge in [-0.1, -0.05) is 6.07 Å². The summed E-state index contributed by atoms with van der Waals surface area (Å²) in [6, 6.07) is 6.97. The maximum absolute atomic E-state index is 13.2. The van der Waals surface area contributed by atoms with Crippen LogP contribution in [0.15, 0.2) is 35.2 Å². The lowest BCUT2D eigenvalue weighted by Gasteiger charge is -2.27. The van der Waals surface area contributed by atoms with E-state index in [0.29, 0.717) is 34.1 Å². The number of nitrogens with two attached hydrogens (primary N) is 1. The van der Waals surface area contributed by atoms with Crippen molar-refractivity contribution in [2.45, 2.75) is 38.3 Å². The molecule has 154 valence electrons. The number of carbonyl (C=O) groups is 2. The lowest BCUT2D eigenvalue weighted by atomic mass is 10.1. The first-order valence-corrected chi connectivity index (χ1v) is 10.5. The highest BCUT2D eigenvalue weighted by atomic mass is 79.9. The van der Waals surface area contributed by atoms with Crippen LogP contribution in [-0.2, 0) is 16.0 Å². The van der Waals surface area contributed by atoms with E-state index in [1.54, 1.807) is 15.5 Å². The molecule has 1 unspecified atom stereocenters. The molecule has 2 fully saturated rings. The summed E-state index contributed by atoms with van der Waals surface area (Å²) in [5.41, 5.74) is 8.13. The third-order valence-electron chi connectivity index (χ3n) is 5.89. The maximum atomic E-state index is 13.2. The Balaban J connectivity index is 1.36. The monoisotopic (exact) mass is 469 g/mol. The van der Waals surface area contributed by atoms with Crippen molar-refractivity contribution in [1.29, 1.82) is 0 Å². The third-order valence-corrected chi connectivity index (χ3v) is 6.33. The largest absolute Gasteiger partial charge is 0.382 e. The topological polar surface area (TPSA) is 119 Å². The highest BCUT2D eigenvalue weighted by molar-refractivity contribution is 9.10. The summed E-state index contributed by atoms with van der Waals surface area (Å²) in [5.74, 6) is 0.976. The number of likely N-dealkylation sites (tertiary alicyclic amines) is 1. The average molecular weight is 470 g/mol. The Bertz CT molecular complexity index is 1180. The van der Waals surface area contributed by atoms with Gasteiger partial charge in [-0.3, -0.25) is 9.59 Å². The van der Waals surface area contributed by atoms with E-state index in [0.717, 1.165) is 17.7 Å². The van der Waals surface area contributed by atoms with E-state index in [2.05, 4.69) is 36.3 Å². The number of hydrogen-bond donors (Lipinski definition) is 2. The summed E-state index contributed by atoms with van der Waals surface area (Å²) in [7, 11) is 0. The minimum absolute atomic E-state index is 0.0868. The van der Waals surface area contributed by atoms with Crippen LogP contribution in [0.25, 0.3) is 5.52 Å². The number of aryl methyl sites for hydroxylation is 1. The van der Waals surface area contributed by atoms with Crippen LogP contribution in [0.5, 0.6) is 0 Å². The average Bonchev–Trinajstić information content (AvgIpc) is 3.17. The predicted octanol–water partition coefficient (Wildman–Crippen LogP) is 1.95. The Morgan fingerprint density at radius 2 is 2.10 bits per heavy atom. The Labute approximate surface area is 180 Å². The molecular weight excluding hydrogens is 450 g/mol. The molecule has 3 aromatic heterocycles. The van der Waals surface area contributed by atoms with Gasteiger partial charge < -0.3 is 16.0 Å². The summed E-state index contributed by atoms with van der Waals surface area (Å²) in [5, 5.41) is 7.10. The molecule has 2 amide bonds. The maximum Gasteiger partial charge on any atom is 0.248 e. The lowest BCUT2D eigenvalue weighted by molar-refractivity contribution is -0.137. The molecule has 3 N–H and O–H groups in total. The van der Waals surface area contributed by atoms with E-state index in [9.17, 15) is 9.59 Å². The van der Waals surface area contributed by atoms with Crippen LogP contribution in [0.2, 0.25) is 0 Å².